The van der Waals surface area contributed by atoms with Gasteiger partial charge in [0.05, 0.1) is 11.5 Å². The van der Waals surface area contributed by atoms with Gasteiger partial charge >= 0.3 is 5.97 Å². The molecule has 2 saturated heterocycles. The molecule has 0 aromatic carbocycles. The Bertz CT molecular complexity index is 365. The van der Waals surface area contributed by atoms with E-state index in [-0.39, 0.29) is 11.5 Å². The third-order valence-corrected chi connectivity index (χ3v) is 5.73. The maximum atomic E-state index is 11.1. The quantitative estimate of drug-likeness (QED) is 0.845. The van der Waals surface area contributed by atoms with Crippen molar-refractivity contribution in [2.45, 2.75) is 76.0 Å². The van der Waals surface area contributed by atoms with Crippen molar-refractivity contribution in [3.05, 3.63) is 0 Å². The van der Waals surface area contributed by atoms with Gasteiger partial charge in [-0.25, -0.2) is 0 Å². The largest absolute Gasteiger partial charge is 0.481 e. The van der Waals surface area contributed by atoms with Gasteiger partial charge in [-0.1, -0.05) is 12.8 Å². The van der Waals surface area contributed by atoms with Gasteiger partial charge in [-0.05, 0) is 52.0 Å². The van der Waals surface area contributed by atoms with E-state index >= 15 is 0 Å². The van der Waals surface area contributed by atoms with Crippen LogP contribution in [0.3, 0.4) is 0 Å². The van der Waals surface area contributed by atoms with E-state index in [4.69, 9.17) is 4.74 Å². The summed E-state index contributed by atoms with van der Waals surface area (Å²) in [7, 11) is 0. The minimum atomic E-state index is -0.615. The Kier molecular flexibility index (Phi) is 4.04. The molecule has 0 radical (unpaired) electrons. The first kappa shape index (κ1) is 14.3. The standard InChI is InChI=1S/C16H27NO3/c1-12-10-13(15(18)19)4-8-17(12)14-5-9-20-16(11-14)6-2-3-7-16/h12-14H,2-11H2,1H3,(H,18,19). The monoisotopic (exact) mass is 281 g/mol. The molecule has 4 heteroatoms. The molecule has 0 bridgehead atoms. The van der Waals surface area contributed by atoms with Crippen molar-refractivity contribution >= 4 is 5.97 Å². The second-order valence-corrected chi connectivity index (χ2v) is 7.03. The Morgan fingerprint density at radius 3 is 2.70 bits per heavy atom. The molecule has 1 spiro atoms. The first-order chi connectivity index (χ1) is 9.60. The highest BCUT2D eigenvalue weighted by Gasteiger charge is 2.43. The Morgan fingerprint density at radius 2 is 2.05 bits per heavy atom. The molecule has 0 aromatic heterocycles. The molecule has 2 aliphatic heterocycles. The number of aliphatic carboxylic acids is 1. The third kappa shape index (κ3) is 2.73. The van der Waals surface area contributed by atoms with Crippen molar-refractivity contribution in [1.29, 1.82) is 0 Å². The first-order valence-electron chi connectivity index (χ1n) is 8.22. The molecule has 3 fully saturated rings. The zero-order chi connectivity index (χ0) is 14.2. The molecule has 4 nitrogen and oxygen atoms in total. The van der Waals surface area contributed by atoms with E-state index in [2.05, 4.69) is 11.8 Å². The van der Waals surface area contributed by atoms with Crippen LogP contribution in [0, 0.1) is 5.92 Å². The molecular formula is C16H27NO3. The van der Waals surface area contributed by atoms with Gasteiger partial charge in [-0.2, -0.15) is 0 Å². The highest BCUT2D eigenvalue weighted by Crippen LogP contribution is 2.42. The number of ether oxygens (including phenoxy) is 1. The highest BCUT2D eigenvalue weighted by atomic mass is 16.5. The SMILES string of the molecule is CC1CC(C(=O)O)CCN1C1CCOC2(CCCC2)C1. The van der Waals surface area contributed by atoms with Crippen LogP contribution in [-0.2, 0) is 9.53 Å². The van der Waals surface area contributed by atoms with Crippen molar-refractivity contribution < 1.29 is 14.6 Å². The number of hydrogen-bond donors (Lipinski definition) is 1. The van der Waals surface area contributed by atoms with Gasteiger partial charge < -0.3 is 9.84 Å². The van der Waals surface area contributed by atoms with Crippen molar-refractivity contribution in [3.8, 4) is 0 Å². The molecule has 2 heterocycles. The summed E-state index contributed by atoms with van der Waals surface area (Å²) < 4.78 is 6.12. The fraction of sp³-hybridized carbons (Fsp3) is 0.938. The average Bonchev–Trinajstić information content (AvgIpc) is 2.86. The topological polar surface area (TPSA) is 49.8 Å². The van der Waals surface area contributed by atoms with Gasteiger partial charge in [0.1, 0.15) is 0 Å². The Morgan fingerprint density at radius 1 is 1.30 bits per heavy atom. The number of piperidine rings is 1. The normalized spacial score (nSPS) is 38.1. The number of carboxylic acids is 1. The summed E-state index contributed by atoms with van der Waals surface area (Å²) >= 11 is 0. The lowest BCUT2D eigenvalue weighted by Gasteiger charge is -2.47. The number of carboxylic acid groups (broad SMARTS) is 1. The van der Waals surface area contributed by atoms with Crippen molar-refractivity contribution in [1.82, 2.24) is 4.90 Å². The number of likely N-dealkylation sites (tertiary alicyclic amines) is 1. The molecule has 3 atom stereocenters. The van der Waals surface area contributed by atoms with Gasteiger partial charge in [0.2, 0.25) is 0 Å². The van der Waals surface area contributed by atoms with Crippen LogP contribution in [-0.4, -0.2) is 46.8 Å². The summed E-state index contributed by atoms with van der Waals surface area (Å²) in [6, 6.07) is 0.998. The van der Waals surface area contributed by atoms with Crippen LogP contribution >= 0.6 is 0 Å². The molecule has 0 amide bonds. The van der Waals surface area contributed by atoms with Gasteiger partial charge in [-0.15, -0.1) is 0 Å². The van der Waals surface area contributed by atoms with Gasteiger partial charge in [0, 0.05) is 18.7 Å². The van der Waals surface area contributed by atoms with Gasteiger partial charge in [0.15, 0.2) is 0 Å². The maximum Gasteiger partial charge on any atom is 0.306 e. The van der Waals surface area contributed by atoms with Crippen molar-refractivity contribution in [2.75, 3.05) is 13.2 Å². The smallest absolute Gasteiger partial charge is 0.306 e. The molecule has 1 saturated carbocycles. The lowest BCUT2D eigenvalue weighted by Crippen LogP contribution is -2.53. The molecule has 0 aromatic rings. The Hall–Kier alpha value is -0.610. The van der Waals surface area contributed by atoms with E-state index in [1.54, 1.807) is 0 Å². The Balaban J connectivity index is 1.63. The lowest BCUT2D eigenvalue weighted by atomic mass is 9.84. The van der Waals surface area contributed by atoms with E-state index in [0.29, 0.717) is 12.1 Å². The van der Waals surface area contributed by atoms with Crippen LogP contribution in [0.25, 0.3) is 0 Å². The lowest BCUT2D eigenvalue weighted by molar-refractivity contribution is -0.146. The first-order valence-corrected chi connectivity index (χ1v) is 8.22. The van der Waals surface area contributed by atoms with Gasteiger partial charge in [0.25, 0.3) is 0 Å². The molecule has 3 aliphatic rings. The zero-order valence-electron chi connectivity index (χ0n) is 12.5. The fourth-order valence-electron chi connectivity index (χ4n) is 4.61. The Labute approximate surface area is 121 Å². The molecular weight excluding hydrogens is 254 g/mol. The van der Waals surface area contributed by atoms with Crippen LogP contribution in [0.5, 0.6) is 0 Å². The van der Waals surface area contributed by atoms with E-state index < -0.39 is 5.97 Å². The van der Waals surface area contributed by atoms with Crippen molar-refractivity contribution in [3.63, 3.8) is 0 Å². The molecule has 1 aliphatic carbocycles. The highest BCUT2D eigenvalue weighted by molar-refractivity contribution is 5.70. The van der Waals surface area contributed by atoms with Crippen LogP contribution in [0.4, 0.5) is 0 Å². The number of nitrogens with zero attached hydrogens (tertiary/aromatic N) is 1. The second kappa shape index (κ2) is 5.64. The third-order valence-electron chi connectivity index (χ3n) is 5.73. The van der Waals surface area contributed by atoms with Crippen LogP contribution in [0.2, 0.25) is 0 Å². The van der Waals surface area contributed by atoms with Crippen LogP contribution < -0.4 is 0 Å². The van der Waals surface area contributed by atoms with E-state index in [0.717, 1.165) is 38.8 Å². The van der Waals surface area contributed by atoms with Gasteiger partial charge in [-0.3, -0.25) is 9.69 Å². The van der Waals surface area contributed by atoms with Crippen molar-refractivity contribution in [2.24, 2.45) is 5.92 Å². The van der Waals surface area contributed by atoms with Crippen LogP contribution in [0.1, 0.15) is 58.3 Å². The number of rotatable bonds is 2. The van der Waals surface area contributed by atoms with E-state index in [9.17, 15) is 9.90 Å². The van der Waals surface area contributed by atoms with E-state index in [1.807, 2.05) is 0 Å². The fourth-order valence-corrected chi connectivity index (χ4v) is 4.61. The summed E-state index contributed by atoms with van der Waals surface area (Å²) in [5.41, 5.74) is 0.159. The molecule has 20 heavy (non-hydrogen) atoms. The minimum Gasteiger partial charge on any atom is -0.481 e. The predicted octanol–water partition coefficient (Wildman–Crippen LogP) is 2.66. The summed E-state index contributed by atoms with van der Waals surface area (Å²) in [5, 5.41) is 9.18. The summed E-state index contributed by atoms with van der Waals surface area (Å²) in [5.74, 6) is -0.753. The maximum absolute atomic E-state index is 11.1. The minimum absolute atomic E-state index is 0.137. The number of carbonyl (C=O) groups is 1. The van der Waals surface area contributed by atoms with E-state index in [1.165, 1.54) is 25.7 Å². The number of hydrogen-bond acceptors (Lipinski definition) is 3. The molecule has 1 N–H and O–H groups in total. The zero-order valence-corrected chi connectivity index (χ0v) is 12.5. The summed E-state index contributed by atoms with van der Waals surface area (Å²) in [4.78, 5) is 13.7. The molecule has 3 rings (SSSR count). The summed E-state index contributed by atoms with van der Waals surface area (Å²) in [6.45, 7) is 4.03. The average molecular weight is 281 g/mol. The van der Waals surface area contributed by atoms with Crippen LogP contribution in [0.15, 0.2) is 0 Å². The predicted molar refractivity (Wildman–Crippen MR) is 76.7 cm³/mol. The second-order valence-electron chi connectivity index (χ2n) is 7.03. The molecule has 3 unspecified atom stereocenters. The molecule has 114 valence electrons. The summed E-state index contributed by atoms with van der Waals surface area (Å²) in [6.07, 6.45) is 8.96.